The summed E-state index contributed by atoms with van der Waals surface area (Å²) in [6.07, 6.45) is 0.806. The van der Waals surface area contributed by atoms with Gasteiger partial charge in [0.25, 0.3) is 0 Å². The van der Waals surface area contributed by atoms with E-state index in [4.69, 9.17) is 9.94 Å². The lowest BCUT2D eigenvalue weighted by Crippen LogP contribution is -2.24. The number of rotatable bonds is 4. The van der Waals surface area contributed by atoms with Crippen molar-refractivity contribution in [2.45, 2.75) is 19.4 Å². The first kappa shape index (κ1) is 10.0. The van der Waals surface area contributed by atoms with Gasteiger partial charge in [0.1, 0.15) is 5.75 Å². The highest BCUT2D eigenvalue weighted by molar-refractivity contribution is 5.27. The van der Waals surface area contributed by atoms with Gasteiger partial charge in [-0.05, 0) is 31.0 Å². The van der Waals surface area contributed by atoms with Crippen molar-refractivity contribution in [3.63, 3.8) is 0 Å². The molecule has 13 heavy (non-hydrogen) atoms. The van der Waals surface area contributed by atoms with E-state index >= 15 is 0 Å². The molecule has 0 aliphatic carbocycles. The normalized spacial score (nSPS) is 12.5. The monoisotopic (exact) mass is 181 g/mol. The Morgan fingerprint density at radius 1 is 1.38 bits per heavy atom. The zero-order chi connectivity index (χ0) is 9.68. The Bertz CT molecular complexity index is 246. The fourth-order valence-corrected chi connectivity index (χ4v) is 1.16. The fraction of sp³-hybridized carbons (Fsp3) is 0.400. The topological polar surface area (TPSA) is 41.5 Å². The van der Waals surface area contributed by atoms with Crippen LogP contribution in [0.1, 0.15) is 12.5 Å². The van der Waals surface area contributed by atoms with Crippen molar-refractivity contribution in [1.29, 1.82) is 0 Å². The van der Waals surface area contributed by atoms with Crippen LogP contribution in [0.15, 0.2) is 24.3 Å². The molecule has 1 aromatic carbocycles. The molecule has 0 radical (unpaired) electrons. The van der Waals surface area contributed by atoms with Gasteiger partial charge in [0.05, 0.1) is 7.11 Å². The van der Waals surface area contributed by atoms with Gasteiger partial charge in [-0.3, -0.25) is 0 Å². The molecule has 1 atom stereocenters. The van der Waals surface area contributed by atoms with Crippen molar-refractivity contribution in [2.75, 3.05) is 7.11 Å². The number of benzene rings is 1. The minimum absolute atomic E-state index is 0.0772. The summed E-state index contributed by atoms with van der Waals surface area (Å²) in [5, 5.41) is 8.62. The van der Waals surface area contributed by atoms with Crippen molar-refractivity contribution in [1.82, 2.24) is 5.48 Å². The molecule has 0 aliphatic heterocycles. The SMILES string of the molecule is COc1ccc(CC(C)NO)cc1. The van der Waals surface area contributed by atoms with Crippen LogP contribution in [0.2, 0.25) is 0 Å². The van der Waals surface area contributed by atoms with Gasteiger partial charge >= 0.3 is 0 Å². The minimum Gasteiger partial charge on any atom is -0.497 e. The van der Waals surface area contributed by atoms with E-state index in [1.165, 1.54) is 5.56 Å². The molecule has 3 nitrogen and oxygen atoms in total. The second-order valence-corrected chi connectivity index (χ2v) is 3.08. The molecule has 0 aliphatic rings. The molecule has 1 unspecified atom stereocenters. The average Bonchev–Trinajstić information content (AvgIpc) is 2.19. The molecule has 0 aromatic heterocycles. The third kappa shape index (κ3) is 3.05. The van der Waals surface area contributed by atoms with Crippen molar-refractivity contribution in [2.24, 2.45) is 0 Å². The van der Waals surface area contributed by atoms with E-state index in [9.17, 15) is 0 Å². The second-order valence-electron chi connectivity index (χ2n) is 3.08. The van der Waals surface area contributed by atoms with Gasteiger partial charge in [0.15, 0.2) is 0 Å². The smallest absolute Gasteiger partial charge is 0.118 e. The predicted octanol–water partition coefficient (Wildman–Crippen LogP) is 1.60. The summed E-state index contributed by atoms with van der Waals surface area (Å²) >= 11 is 0. The lowest BCUT2D eigenvalue weighted by atomic mass is 10.1. The predicted molar refractivity (Wildman–Crippen MR) is 51.1 cm³/mol. The van der Waals surface area contributed by atoms with Gasteiger partial charge < -0.3 is 9.94 Å². The third-order valence-corrected chi connectivity index (χ3v) is 1.92. The van der Waals surface area contributed by atoms with Gasteiger partial charge in [-0.25, -0.2) is 5.48 Å². The molecule has 2 N–H and O–H groups in total. The largest absolute Gasteiger partial charge is 0.497 e. The van der Waals surface area contributed by atoms with Crippen LogP contribution >= 0.6 is 0 Å². The summed E-state index contributed by atoms with van der Waals surface area (Å²) in [7, 11) is 1.65. The van der Waals surface area contributed by atoms with Gasteiger partial charge in [0, 0.05) is 6.04 Å². The summed E-state index contributed by atoms with van der Waals surface area (Å²) in [6, 6.07) is 7.89. The Hall–Kier alpha value is -1.06. The molecular weight excluding hydrogens is 166 g/mol. The van der Waals surface area contributed by atoms with Crippen LogP contribution in [0.25, 0.3) is 0 Å². The van der Waals surface area contributed by atoms with Gasteiger partial charge in [-0.1, -0.05) is 12.1 Å². The van der Waals surface area contributed by atoms with Crippen LogP contribution in [-0.4, -0.2) is 18.4 Å². The molecule has 0 bridgehead atoms. The van der Waals surface area contributed by atoms with Crippen LogP contribution < -0.4 is 10.2 Å². The first-order valence-electron chi connectivity index (χ1n) is 4.29. The Labute approximate surface area is 78.3 Å². The molecule has 0 amide bonds. The molecule has 0 saturated heterocycles. The van der Waals surface area contributed by atoms with Crippen LogP contribution in [0, 0.1) is 0 Å². The number of hydrogen-bond acceptors (Lipinski definition) is 3. The molecule has 0 fully saturated rings. The number of hydroxylamine groups is 1. The van der Waals surface area contributed by atoms with Crippen LogP contribution in [0.5, 0.6) is 5.75 Å². The van der Waals surface area contributed by atoms with E-state index in [1.54, 1.807) is 7.11 Å². The standard InChI is InChI=1S/C10H15NO2/c1-8(11-12)7-9-3-5-10(13-2)6-4-9/h3-6,8,11-12H,7H2,1-2H3. The molecular formula is C10H15NO2. The van der Waals surface area contributed by atoms with Crippen molar-refractivity contribution in [3.05, 3.63) is 29.8 Å². The van der Waals surface area contributed by atoms with Crippen molar-refractivity contribution in [3.8, 4) is 5.75 Å². The van der Waals surface area contributed by atoms with Crippen LogP contribution in [0.3, 0.4) is 0 Å². The molecule has 0 saturated carbocycles. The molecule has 3 heteroatoms. The average molecular weight is 181 g/mol. The Kier molecular flexibility index (Phi) is 3.73. The number of ether oxygens (including phenoxy) is 1. The Morgan fingerprint density at radius 2 is 2.00 bits per heavy atom. The summed E-state index contributed by atoms with van der Waals surface area (Å²) in [5.74, 6) is 0.855. The highest BCUT2D eigenvalue weighted by atomic mass is 16.5. The maximum absolute atomic E-state index is 8.62. The van der Waals surface area contributed by atoms with Crippen LogP contribution in [0.4, 0.5) is 0 Å². The third-order valence-electron chi connectivity index (χ3n) is 1.92. The van der Waals surface area contributed by atoms with E-state index in [2.05, 4.69) is 5.48 Å². The minimum atomic E-state index is 0.0772. The van der Waals surface area contributed by atoms with Crippen LogP contribution in [-0.2, 0) is 6.42 Å². The van der Waals surface area contributed by atoms with Gasteiger partial charge in [-0.15, -0.1) is 0 Å². The number of nitrogens with one attached hydrogen (secondary N) is 1. The van der Waals surface area contributed by atoms with Gasteiger partial charge in [0.2, 0.25) is 0 Å². The van der Waals surface area contributed by atoms with E-state index in [-0.39, 0.29) is 6.04 Å². The maximum Gasteiger partial charge on any atom is 0.118 e. The Balaban J connectivity index is 2.58. The maximum atomic E-state index is 8.62. The second kappa shape index (κ2) is 4.84. The lowest BCUT2D eigenvalue weighted by molar-refractivity contribution is 0.133. The summed E-state index contributed by atoms with van der Waals surface area (Å²) in [6.45, 7) is 1.92. The van der Waals surface area contributed by atoms with Crippen molar-refractivity contribution >= 4 is 0 Å². The van der Waals surface area contributed by atoms with E-state index < -0.39 is 0 Å². The van der Waals surface area contributed by atoms with E-state index in [0.29, 0.717) is 0 Å². The first-order chi connectivity index (χ1) is 6.26. The quantitative estimate of drug-likeness (QED) is 0.693. The molecule has 72 valence electrons. The molecule has 1 aromatic rings. The Morgan fingerprint density at radius 3 is 2.46 bits per heavy atom. The first-order valence-corrected chi connectivity index (χ1v) is 4.29. The zero-order valence-corrected chi connectivity index (χ0v) is 7.95. The molecule has 1 rings (SSSR count). The molecule has 0 spiro atoms. The summed E-state index contributed by atoms with van der Waals surface area (Å²) in [5.41, 5.74) is 3.39. The van der Waals surface area contributed by atoms with E-state index in [0.717, 1.165) is 12.2 Å². The lowest BCUT2D eigenvalue weighted by Gasteiger charge is -2.08. The highest BCUT2D eigenvalue weighted by Crippen LogP contribution is 2.12. The number of hydrogen-bond donors (Lipinski definition) is 2. The van der Waals surface area contributed by atoms with Crippen molar-refractivity contribution < 1.29 is 9.94 Å². The zero-order valence-electron chi connectivity index (χ0n) is 7.95. The summed E-state index contributed by atoms with van der Waals surface area (Å²) < 4.78 is 5.04. The molecule has 0 heterocycles. The summed E-state index contributed by atoms with van der Waals surface area (Å²) in [4.78, 5) is 0. The van der Waals surface area contributed by atoms with E-state index in [1.807, 2.05) is 31.2 Å². The number of methoxy groups -OCH3 is 1. The van der Waals surface area contributed by atoms with Gasteiger partial charge in [-0.2, -0.15) is 0 Å². The highest BCUT2D eigenvalue weighted by Gasteiger charge is 2.00. The fourth-order valence-electron chi connectivity index (χ4n) is 1.16.